The Morgan fingerprint density at radius 2 is 1.78 bits per heavy atom. The second-order valence-electron chi connectivity index (χ2n) is 11.8. The largest absolute Gasteiger partial charge is 0.385 e. The minimum atomic E-state index is -1.30. The highest BCUT2D eigenvalue weighted by atomic mass is 19.1. The molecular weight excluding hydrogens is 524 g/mol. The molecule has 2 fully saturated rings. The number of aryl methyl sites for hydroxylation is 2. The van der Waals surface area contributed by atoms with Crippen LogP contribution in [0.2, 0.25) is 0 Å². The summed E-state index contributed by atoms with van der Waals surface area (Å²) >= 11 is 0. The van der Waals surface area contributed by atoms with Gasteiger partial charge in [-0.2, -0.15) is 0 Å². The van der Waals surface area contributed by atoms with Crippen LogP contribution in [-0.4, -0.2) is 42.9 Å². The molecule has 5 aromatic rings. The van der Waals surface area contributed by atoms with Gasteiger partial charge in [0.05, 0.1) is 39.6 Å². The lowest BCUT2D eigenvalue weighted by atomic mass is 9.86. The van der Waals surface area contributed by atoms with Crippen molar-refractivity contribution in [3.05, 3.63) is 77.1 Å². The van der Waals surface area contributed by atoms with Crippen LogP contribution in [0.3, 0.4) is 0 Å². The van der Waals surface area contributed by atoms with Crippen LogP contribution in [0.15, 0.2) is 48.7 Å². The second-order valence-corrected chi connectivity index (χ2v) is 11.8. The van der Waals surface area contributed by atoms with Crippen LogP contribution >= 0.6 is 0 Å². The van der Waals surface area contributed by atoms with Crippen LogP contribution in [0, 0.1) is 30.4 Å². The Morgan fingerprint density at radius 3 is 2.46 bits per heavy atom. The number of nitrogens with zero attached hydrogens (tertiary/aromatic N) is 5. The summed E-state index contributed by atoms with van der Waals surface area (Å²) in [7, 11) is 1.83. The third-order valence-corrected chi connectivity index (χ3v) is 9.13. The van der Waals surface area contributed by atoms with E-state index in [4.69, 9.17) is 9.72 Å². The SMILES string of the molecule is Cc1nnn(C)c1-c1cnc2c3cc(F)c(C(C)(O)C4CC4)cc3n([C@H](c3ccccc3F)C3CCOCC3)c2c1. The van der Waals surface area contributed by atoms with Crippen LogP contribution in [0.25, 0.3) is 33.2 Å². The standard InChI is InChI=1S/C32H33F2N5O2/c1-18-30(38(3)37-36-18)20-14-28-29(35-17-20)23-15-26(34)24(32(2,40)21-8-9-21)16-27(23)39(28)31(19-10-12-41-13-11-19)22-6-4-5-7-25(22)33/h4-7,14-17,19,21,31,40H,8-13H2,1-3H3/t31-,32?/m0/s1. The molecular formula is C32H33F2N5O2. The summed E-state index contributed by atoms with van der Waals surface area (Å²) in [6, 6.07) is 11.8. The first-order valence-electron chi connectivity index (χ1n) is 14.3. The van der Waals surface area contributed by atoms with Crippen molar-refractivity contribution in [1.29, 1.82) is 0 Å². The Bertz CT molecular complexity index is 1760. The number of aromatic nitrogens is 5. The van der Waals surface area contributed by atoms with E-state index in [0.717, 1.165) is 53.7 Å². The number of aliphatic hydroxyl groups is 1. The van der Waals surface area contributed by atoms with Gasteiger partial charge in [0, 0.05) is 48.5 Å². The van der Waals surface area contributed by atoms with Gasteiger partial charge in [-0.05, 0) is 75.6 Å². The number of pyridine rings is 1. The van der Waals surface area contributed by atoms with Crippen LogP contribution in [-0.2, 0) is 17.4 Å². The van der Waals surface area contributed by atoms with Gasteiger partial charge in [-0.3, -0.25) is 4.98 Å². The molecule has 1 aliphatic carbocycles. The fourth-order valence-electron chi connectivity index (χ4n) is 6.81. The van der Waals surface area contributed by atoms with Crippen LogP contribution in [0.4, 0.5) is 8.78 Å². The van der Waals surface area contributed by atoms with Gasteiger partial charge in [0.25, 0.3) is 0 Å². The first-order chi connectivity index (χ1) is 19.8. The molecule has 0 amide bonds. The van der Waals surface area contributed by atoms with E-state index in [-0.39, 0.29) is 23.2 Å². The van der Waals surface area contributed by atoms with Gasteiger partial charge in [-0.1, -0.05) is 23.4 Å². The van der Waals surface area contributed by atoms with E-state index in [9.17, 15) is 5.11 Å². The molecule has 1 saturated carbocycles. The summed E-state index contributed by atoms with van der Waals surface area (Å²) in [6.07, 6.45) is 4.99. The Morgan fingerprint density at radius 1 is 1.02 bits per heavy atom. The fraction of sp³-hybridized carbons (Fsp3) is 0.406. The van der Waals surface area contributed by atoms with Crippen molar-refractivity contribution in [3.8, 4) is 11.3 Å². The number of hydrogen-bond donors (Lipinski definition) is 1. The van der Waals surface area contributed by atoms with Crippen molar-refractivity contribution < 1.29 is 18.6 Å². The van der Waals surface area contributed by atoms with Gasteiger partial charge in [-0.25, -0.2) is 13.5 Å². The average molecular weight is 558 g/mol. The van der Waals surface area contributed by atoms with E-state index in [1.807, 2.05) is 32.2 Å². The van der Waals surface area contributed by atoms with Crippen molar-refractivity contribution in [2.45, 2.75) is 51.2 Å². The van der Waals surface area contributed by atoms with E-state index in [2.05, 4.69) is 14.9 Å². The number of halogens is 2. The second kappa shape index (κ2) is 9.70. The van der Waals surface area contributed by atoms with E-state index in [0.29, 0.717) is 29.7 Å². The Hall–Kier alpha value is -3.69. The molecule has 2 aliphatic rings. The van der Waals surface area contributed by atoms with E-state index >= 15 is 8.78 Å². The maximum absolute atomic E-state index is 15.8. The number of rotatable bonds is 6. The molecule has 2 aromatic carbocycles. The van der Waals surface area contributed by atoms with E-state index < -0.39 is 17.5 Å². The topological polar surface area (TPSA) is 78.0 Å². The fourth-order valence-corrected chi connectivity index (χ4v) is 6.81. The molecule has 1 aliphatic heterocycles. The number of hydrogen-bond acceptors (Lipinski definition) is 5. The molecule has 7 nitrogen and oxygen atoms in total. The summed E-state index contributed by atoms with van der Waals surface area (Å²) in [6.45, 7) is 4.77. The van der Waals surface area contributed by atoms with Crippen LogP contribution in [0.1, 0.15) is 55.5 Å². The maximum atomic E-state index is 15.8. The molecule has 9 heteroatoms. The van der Waals surface area contributed by atoms with Crippen molar-refractivity contribution in [2.24, 2.45) is 18.9 Å². The van der Waals surface area contributed by atoms with Crippen LogP contribution < -0.4 is 0 Å². The Labute approximate surface area is 236 Å². The van der Waals surface area contributed by atoms with Gasteiger partial charge in [-0.15, -0.1) is 5.10 Å². The van der Waals surface area contributed by atoms with Crippen molar-refractivity contribution in [2.75, 3.05) is 13.2 Å². The molecule has 2 atom stereocenters. The van der Waals surface area contributed by atoms with Crippen molar-refractivity contribution in [1.82, 2.24) is 24.5 Å². The lowest BCUT2D eigenvalue weighted by Crippen LogP contribution is -2.28. The molecule has 41 heavy (non-hydrogen) atoms. The molecule has 0 radical (unpaired) electrons. The first-order valence-corrected chi connectivity index (χ1v) is 14.3. The summed E-state index contributed by atoms with van der Waals surface area (Å²) in [5, 5.41) is 20.5. The maximum Gasteiger partial charge on any atom is 0.130 e. The molecule has 0 bridgehead atoms. The van der Waals surface area contributed by atoms with Gasteiger partial charge in [0.1, 0.15) is 11.6 Å². The molecule has 0 spiro atoms. The number of benzene rings is 2. The molecule has 7 rings (SSSR count). The molecule has 3 aromatic heterocycles. The highest BCUT2D eigenvalue weighted by Crippen LogP contribution is 2.48. The van der Waals surface area contributed by atoms with E-state index in [1.165, 1.54) is 12.1 Å². The predicted molar refractivity (Wildman–Crippen MR) is 152 cm³/mol. The van der Waals surface area contributed by atoms with Crippen molar-refractivity contribution >= 4 is 21.9 Å². The average Bonchev–Trinajstić information content (AvgIpc) is 3.72. The Balaban J connectivity index is 1.57. The molecule has 4 heterocycles. The normalized spacial score (nSPS) is 18.7. The van der Waals surface area contributed by atoms with Gasteiger partial charge >= 0.3 is 0 Å². The first kappa shape index (κ1) is 26.2. The summed E-state index contributed by atoms with van der Waals surface area (Å²) < 4.78 is 41.0. The minimum Gasteiger partial charge on any atom is -0.385 e. The smallest absolute Gasteiger partial charge is 0.130 e. The monoisotopic (exact) mass is 557 g/mol. The minimum absolute atomic E-state index is 0.00943. The molecule has 1 unspecified atom stereocenters. The zero-order valence-electron chi connectivity index (χ0n) is 23.4. The lowest BCUT2D eigenvalue weighted by molar-refractivity contribution is 0.0296. The zero-order chi connectivity index (χ0) is 28.5. The van der Waals surface area contributed by atoms with Crippen LogP contribution in [0.5, 0.6) is 0 Å². The zero-order valence-corrected chi connectivity index (χ0v) is 23.4. The predicted octanol–water partition coefficient (Wildman–Crippen LogP) is 6.21. The van der Waals surface area contributed by atoms with Gasteiger partial charge in [0.15, 0.2) is 0 Å². The van der Waals surface area contributed by atoms with Gasteiger partial charge < -0.3 is 14.4 Å². The quantitative estimate of drug-likeness (QED) is 0.269. The highest BCUT2D eigenvalue weighted by molar-refractivity contribution is 6.07. The van der Waals surface area contributed by atoms with Gasteiger partial charge in [0.2, 0.25) is 0 Å². The molecule has 212 valence electrons. The third-order valence-electron chi connectivity index (χ3n) is 9.13. The highest BCUT2D eigenvalue weighted by Gasteiger charge is 2.43. The van der Waals surface area contributed by atoms with Crippen molar-refractivity contribution in [3.63, 3.8) is 0 Å². The third kappa shape index (κ3) is 4.25. The summed E-state index contributed by atoms with van der Waals surface area (Å²) in [5.41, 5.74) is 4.06. The summed E-state index contributed by atoms with van der Waals surface area (Å²) in [4.78, 5) is 4.85. The molecule has 1 saturated heterocycles. The Kier molecular flexibility index (Phi) is 6.21. The number of fused-ring (bicyclic) bond motifs is 3. The number of ether oxygens (including phenoxy) is 1. The summed E-state index contributed by atoms with van der Waals surface area (Å²) in [5.74, 6) is -0.669. The van der Waals surface area contributed by atoms with E-state index in [1.54, 1.807) is 29.9 Å². The molecule has 1 N–H and O–H groups in total. The lowest BCUT2D eigenvalue weighted by Gasteiger charge is -2.33.